The summed E-state index contributed by atoms with van der Waals surface area (Å²) in [6.45, 7) is 7.35. The zero-order chi connectivity index (χ0) is 14.4. The molecule has 5 heteroatoms. The highest BCUT2D eigenvalue weighted by molar-refractivity contribution is 9.10. The topological polar surface area (TPSA) is 52.6 Å². The molecular weight excluding hydrogens is 308 g/mol. The number of halogens is 1. The fourth-order valence-corrected chi connectivity index (χ4v) is 2.48. The van der Waals surface area contributed by atoms with Crippen LogP contribution in [0.1, 0.15) is 32.4 Å². The molecule has 0 aliphatic rings. The van der Waals surface area contributed by atoms with Gasteiger partial charge in [-0.2, -0.15) is 0 Å². The van der Waals surface area contributed by atoms with Gasteiger partial charge in [-0.05, 0) is 54.4 Å². The summed E-state index contributed by atoms with van der Waals surface area (Å²) in [6, 6.07) is 5.69. The molecule has 0 aliphatic heterocycles. The van der Waals surface area contributed by atoms with Gasteiger partial charge in [0.1, 0.15) is 0 Å². The van der Waals surface area contributed by atoms with Crippen LogP contribution in [0.25, 0.3) is 0 Å². The molecular formula is C14H21BrN2O2. The van der Waals surface area contributed by atoms with E-state index in [0.717, 1.165) is 22.3 Å². The molecule has 0 radical (unpaired) electrons. The molecule has 106 valence electrons. The molecule has 1 amide bonds. The summed E-state index contributed by atoms with van der Waals surface area (Å²) in [7, 11) is 0. The zero-order valence-corrected chi connectivity index (χ0v) is 13.2. The van der Waals surface area contributed by atoms with Gasteiger partial charge in [-0.1, -0.05) is 6.07 Å². The number of benzene rings is 1. The minimum Gasteiger partial charge on any atom is -0.389 e. The fraction of sp³-hybridized carbons (Fsp3) is 0.500. The molecule has 0 saturated heterocycles. The number of likely N-dealkylation sites (N-methyl/N-ethyl adjacent to an activating group) is 2. The molecule has 0 aromatic heterocycles. The highest BCUT2D eigenvalue weighted by Crippen LogP contribution is 2.29. The average Bonchev–Trinajstić information content (AvgIpc) is 2.36. The minimum absolute atomic E-state index is 0.0100. The number of rotatable bonds is 6. The average molecular weight is 329 g/mol. The van der Waals surface area contributed by atoms with Gasteiger partial charge in [-0.25, -0.2) is 0 Å². The van der Waals surface area contributed by atoms with Crippen LogP contribution in [-0.2, 0) is 4.79 Å². The van der Waals surface area contributed by atoms with Gasteiger partial charge in [-0.3, -0.25) is 4.79 Å². The van der Waals surface area contributed by atoms with Crippen LogP contribution in [0.5, 0.6) is 0 Å². The Morgan fingerprint density at radius 2 is 2.16 bits per heavy atom. The van der Waals surface area contributed by atoms with Crippen LogP contribution >= 0.6 is 15.9 Å². The first-order valence-corrected chi connectivity index (χ1v) is 7.28. The molecule has 0 aliphatic carbocycles. The van der Waals surface area contributed by atoms with Crippen molar-refractivity contribution < 1.29 is 9.90 Å². The van der Waals surface area contributed by atoms with Gasteiger partial charge in [0.25, 0.3) is 0 Å². The lowest BCUT2D eigenvalue weighted by Gasteiger charge is -2.24. The lowest BCUT2D eigenvalue weighted by Crippen LogP contribution is -2.37. The van der Waals surface area contributed by atoms with Crippen molar-refractivity contribution in [2.24, 2.45) is 0 Å². The van der Waals surface area contributed by atoms with E-state index in [1.54, 1.807) is 6.92 Å². The number of hydrogen-bond donors (Lipinski definition) is 2. The fourth-order valence-electron chi connectivity index (χ4n) is 1.83. The van der Waals surface area contributed by atoms with Crippen molar-refractivity contribution in [1.29, 1.82) is 0 Å². The summed E-state index contributed by atoms with van der Waals surface area (Å²) in [4.78, 5) is 13.7. The Hall–Kier alpha value is -1.07. The normalized spacial score (nSPS) is 12.1. The highest BCUT2D eigenvalue weighted by atomic mass is 79.9. The summed E-state index contributed by atoms with van der Waals surface area (Å²) < 4.78 is 0.886. The lowest BCUT2D eigenvalue weighted by atomic mass is 10.1. The molecule has 1 rings (SSSR count). The molecule has 0 unspecified atom stereocenters. The van der Waals surface area contributed by atoms with E-state index in [-0.39, 0.29) is 5.91 Å². The van der Waals surface area contributed by atoms with E-state index in [1.807, 2.05) is 36.9 Å². The predicted octanol–water partition coefficient (Wildman–Crippen LogP) is 2.46. The summed E-state index contributed by atoms with van der Waals surface area (Å²) in [5.74, 6) is 0.0100. The third kappa shape index (κ3) is 4.51. The van der Waals surface area contributed by atoms with Crippen LogP contribution in [0.2, 0.25) is 0 Å². The van der Waals surface area contributed by atoms with Gasteiger partial charge in [0.2, 0.25) is 5.91 Å². The van der Waals surface area contributed by atoms with Gasteiger partial charge in [0, 0.05) is 17.6 Å². The molecule has 2 N–H and O–H groups in total. The summed E-state index contributed by atoms with van der Waals surface area (Å²) >= 11 is 3.50. The molecule has 1 aromatic rings. The second-order valence-corrected chi connectivity index (χ2v) is 5.21. The maximum Gasteiger partial charge on any atom is 0.239 e. The van der Waals surface area contributed by atoms with Crippen LogP contribution in [0.4, 0.5) is 5.69 Å². The quantitative estimate of drug-likeness (QED) is 0.843. The first-order valence-electron chi connectivity index (χ1n) is 6.48. The second-order valence-electron chi connectivity index (χ2n) is 4.35. The minimum atomic E-state index is -0.496. The number of aliphatic hydroxyl groups excluding tert-OH is 1. The van der Waals surface area contributed by atoms with Crippen molar-refractivity contribution in [1.82, 2.24) is 5.32 Å². The monoisotopic (exact) mass is 328 g/mol. The van der Waals surface area contributed by atoms with Gasteiger partial charge < -0.3 is 15.3 Å². The van der Waals surface area contributed by atoms with Crippen molar-refractivity contribution in [3.63, 3.8) is 0 Å². The van der Waals surface area contributed by atoms with Crippen LogP contribution in [0.15, 0.2) is 22.7 Å². The standard InChI is InChI=1S/C14H21BrN2O2/c1-4-16-14(19)9-17(5-2)13-7-6-11(10(3)18)8-12(13)15/h6-8,10,18H,4-5,9H2,1-3H3,(H,16,19)/t10-/m1/s1. The van der Waals surface area contributed by atoms with E-state index in [9.17, 15) is 9.90 Å². The summed E-state index contributed by atoms with van der Waals surface area (Å²) in [5, 5.41) is 12.3. The van der Waals surface area contributed by atoms with Crippen LogP contribution in [-0.4, -0.2) is 30.6 Å². The Bertz CT molecular complexity index is 435. The van der Waals surface area contributed by atoms with Crippen molar-refractivity contribution in [2.45, 2.75) is 26.9 Å². The Morgan fingerprint density at radius 3 is 2.63 bits per heavy atom. The van der Waals surface area contributed by atoms with Gasteiger partial charge in [0.15, 0.2) is 0 Å². The number of aliphatic hydroxyl groups is 1. The third-order valence-corrected chi connectivity index (χ3v) is 3.52. The number of carbonyl (C=O) groups excluding carboxylic acids is 1. The van der Waals surface area contributed by atoms with E-state index in [4.69, 9.17) is 0 Å². The van der Waals surface area contributed by atoms with Crippen LogP contribution < -0.4 is 10.2 Å². The lowest BCUT2D eigenvalue weighted by molar-refractivity contribution is -0.119. The molecule has 4 nitrogen and oxygen atoms in total. The number of hydrogen-bond acceptors (Lipinski definition) is 3. The Balaban J connectivity index is 2.89. The Kier molecular flexibility index (Phi) is 6.31. The molecule has 1 aromatic carbocycles. The smallest absolute Gasteiger partial charge is 0.239 e. The first kappa shape index (κ1) is 16.0. The Labute approximate surface area is 122 Å². The van der Waals surface area contributed by atoms with Crippen molar-refractivity contribution in [3.8, 4) is 0 Å². The largest absolute Gasteiger partial charge is 0.389 e. The second kappa shape index (κ2) is 7.50. The molecule has 0 fully saturated rings. The SMILES string of the molecule is CCNC(=O)CN(CC)c1ccc([C@@H](C)O)cc1Br. The molecule has 0 heterocycles. The number of anilines is 1. The van der Waals surface area contributed by atoms with Crippen molar-refractivity contribution in [2.75, 3.05) is 24.5 Å². The van der Waals surface area contributed by atoms with Gasteiger partial charge >= 0.3 is 0 Å². The van der Waals surface area contributed by atoms with E-state index in [2.05, 4.69) is 21.2 Å². The third-order valence-electron chi connectivity index (χ3n) is 2.88. The maximum atomic E-state index is 11.7. The van der Waals surface area contributed by atoms with Crippen molar-refractivity contribution in [3.05, 3.63) is 28.2 Å². The van der Waals surface area contributed by atoms with Crippen LogP contribution in [0.3, 0.4) is 0 Å². The highest BCUT2D eigenvalue weighted by Gasteiger charge is 2.13. The van der Waals surface area contributed by atoms with E-state index < -0.39 is 6.10 Å². The predicted molar refractivity (Wildman–Crippen MR) is 81.3 cm³/mol. The molecule has 0 saturated carbocycles. The molecule has 0 spiro atoms. The molecule has 1 atom stereocenters. The number of nitrogens with one attached hydrogen (secondary N) is 1. The number of carbonyl (C=O) groups is 1. The molecule has 19 heavy (non-hydrogen) atoms. The Morgan fingerprint density at radius 1 is 1.47 bits per heavy atom. The van der Waals surface area contributed by atoms with E-state index >= 15 is 0 Å². The number of nitrogens with zero attached hydrogens (tertiary/aromatic N) is 1. The van der Waals surface area contributed by atoms with Gasteiger partial charge in [-0.15, -0.1) is 0 Å². The van der Waals surface area contributed by atoms with Crippen LogP contribution in [0, 0.1) is 0 Å². The van der Waals surface area contributed by atoms with Crippen molar-refractivity contribution >= 4 is 27.5 Å². The van der Waals surface area contributed by atoms with E-state index in [1.165, 1.54) is 0 Å². The van der Waals surface area contributed by atoms with E-state index in [0.29, 0.717) is 13.1 Å². The maximum absolute atomic E-state index is 11.7. The first-order chi connectivity index (χ1) is 8.99. The van der Waals surface area contributed by atoms with Gasteiger partial charge in [0.05, 0.1) is 18.3 Å². The molecule has 0 bridgehead atoms. The summed E-state index contributed by atoms with van der Waals surface area (Å²) in [5.41, 5.74) is 1.81. The zero-order valence-electron chi connectivity index (χ0n) is 11.6. The number of amides is 1. The summed E-state index contributed by atoms with van der Waals surface area (Å²) in [6.07, 6.45) is -0.496.